The molecule has 0 spiro atoms. The van der Waals surface area contributed by atoms with E-state index in [2.05, 4.69) is 0 Å². The molecule has 2 aromatic rings. The third-order valence-corrected chi connectivity index (χ3v) is 2.30. The summed E-state index contributed by atoms with van der Waals surface area (Å²) in [6.07, 6.45) is 1.70. The molecule has 14 heavy (non-hydrogen) atoms. The average Bonchev–Trinajstić information content (AvgIpc) is 2.59. The van der Waals surface area contributed by atoms with Gasteiger partial charge >= 0.3 is 0 Å². The molecule has 2 N–H and O–H groups in total. The first-order chi connectivity index (χ1) is 6.72. The van der Waals surface area contributed by atoms with Crippen LogP contribution < -0.4 is 10.5 Å². The number of methoxy groups -OCH3 is 1. The summed E-state index contributed by atoms with van der Waals surface area (Å²) in [6, 6.07) is 5.68. The monoisotopic (exact) mass is 191 g/mol. The number of hydrogen-bond donors (Lipinski definition) is 1. The van der Waals surface area contributed by atoms with Gasteiger partial charge in [-0.1, -0.05) is 0 Å². The van der Waals surface area contributed by atoms with Gasteiger partial charge in [-0.3, -0.25) is 0 Å². The molecule has 0 aliphatic heterocycles. The van der Waals surface area contributed by atoms with Gasteiger partial charge in [0.05, 0.1) is 13.4 Å². The van der Waals surface area contributed by atoms with Crippen molar-refractivity contribution in [1.29, 1.82) is 0 Å². The molecule has 0 saturated heterocycles. The lowest BCUT2D eigenvalue weighted by Crippen LogP contribution is -2.03. The van der Waals surface area contributed by atoms with Gasteiger partial charge in [0.1, 0.15) is 11.3 Å². The summed E-state index contributed by atoms with van der Waals surface area (Å²) in [5, 5.41) is 1.03. The van der Waals surface area contributed by atoms with Crippen LogP contribution in [0, 0.1) is 0 Å². The summed E-state index contributed by atoms with van der Waals surface area (Å²) in [5.41, 5.74) is 7.67. The Bertz CT molecular complexity index is 445. The van der Waals surface area contributed by atoms with Crippen LogP contribution in [-0.4, -0.2) is 7.11 Å². The third-order valence-electron chi connectivity index (χ3n) is 2.30. The Hall–Kier alpha value is -1.48. The van der Waals surface area contributed by atoms with E-state index in [4.69, 9.17) is 14.9 Å². The van der Waals surface area contributed by atoms with E-state index < -0.39 is 0 Å². The second-order valence-electron chi connectivity index (χ2n) is 3.34. The maximum atomic E-state index is 5.81. The molecule has 74 valence electrons. The highest BCUT2D eigenvalue weighted by Crippen LogP contribution is 2.28. The largest absolute Gasteiger partial charge is 0.497 e. The average molecular weight is 191 g/mol. The van der Waals surface area contributed by atoms with Crippen LogP contribution in [0.5, 0.6) is 5.75 Å². The Morgan fingerprint density at radius 3 is 2.86 bits per heavy atom. The molecule has 3 nitrogen and oxygen atoms in total. The molecule has 1 aromatic carbocycles. The van der Waals surface area contributed by atoms with E-state index in [0.717, 1.165) is 22.3 Å². The second kappa shape index (κ2) is 3.35. The highest BCUT2D eigenvalue weighted by atomic mass is 16.5. The SMILES string of the molecule is COc1ccc2occ([C@@H](C)N)c2c1. The number of ether oxygens (including phenoxy) is 1. The number of furan rings is 1. The molecular formula is C11H13NO2. The van der Waals surface area contributed by atoms with Gasteiger partial charge in [-0.2, -0.15) is 0 Å². The Kier molecular flexibility index (Phi) is 2.17. The standard InChI is InChI=1S/C11H13NO2/c1-7(12)10-6-14-11-4-3-8(13-2)5-9(10)11/h3-7H,12H2,1-2H3/t7-/m1/s1. The predicted molar refractivity (Wildman–Crippen MR) is 55.4 cm³/mol. The van der Waals surface area contributed by atoms with Gasteiger partial charge < -0.3 is 14.9 Å². The fraction of sp³-hybridized carbons (Fsp3) is 0.273. The Morgan fingerprint density at radius 2 is 2.21 bits per heavy atom. The number of rotatable bonds is 2. The van der Waals surface area contributed by atoms with Crippen molar-refractivity contribution in [2.75, 3.05) is 7.11 Å². The molecule has 0 fully saturated rings. The van der Waals surface area contributed by atoms with Crippen molar-refractivity contribution in [1.82, 2.24) is 0 Å². The van der Waals surface area contributed by atoms with Crippen LogP contribution in [0.15, 0.2) is 28.9 Å². The molecule has 0 saturated carbocycles. The van der Waals surface area contributed by atoms with E-state index in [1.54, 1.807) is 13.4 Å². The van der Waals surface area contributed by atoms with Crippen LogP contribution in [0.2, 0.25) is 0 Å². The first-order valence-corrected chi connectivity index (χ1v) is 4.53. The minimum absolute atomic E-state index is 0.0247. The van der Waals surface area contributed by atoms with Crippen LogP contribution in [0.25, 0.3) is 11.0 Å². The normalized spacial score (nSPS) is 13.1. The van der Waals surface area contributed by atoms with E-state index in [9.17, 15) is 0 Å². The van der Waals surface area contributed by atoms with Gasteiger partial charge in [0, 0.05) is 17.0 Å². The quantitative estimate of drug-likeness (QED) is 0.793. The van der Waals surface area contributed by atoms with E-state index in [1.165, 1.54) is 0 Å². The second-order valence-corrected chi connectivity index (χ2v) is 3.34. The van der Waals surface area contributed by atoms with Crippen molar-refractivity contribution in [3.8, 4) is 5.75 Å². The highest BCUT2D eigenvalue weighted by Gasteiger charge is 2.09. The minimum atomic E-state index is -0.0247. The van der Waals surface area contributed by atoms with Crippen LogP contribution in [0.1, 0.15) is 18.5 Å². The lowest BCUT2D eigenvalue weighted by Gasteiger charge is -2.02. The Morgan fingerprint density at radius 1 is 1.43 bits per heavy atom. The molecular weight excluding hydrogens is 178 g/mol. The summed E-state index contributed by atoms with van der Waals surface area (Å²) in [6.45, 7) is 1.93. The molecule has 0 amide bonds. The summed E-state index contributed by atoms with van der Waals surface area (Å²) in [7, 11) is 1.65. The summed E-state index contributed by atoms with van der Waals surface area (Å²) < 4.78 is 10.5. The molecule has 0 aliphatic carbocycles. The Labute approximate surface area is 82.5 Å². The molecule has 0 unspecified atom stereocenters. The molecule has 1 atom stereocenters. The number of benzene rings is 1. The lowest BCUT2D eigenvalue weighted by atomic mass is 10.1. The van der Waals surface area contributed by atoms with Gasteiger partial charge in [0.2, 0.25) is 0 Å². The smallest absolute Gasteiger partial charge is 0.134 e. The fourth-order valence-corrected chi connectivity index (χ4v) is 1.51. The number of hydrogen-bond acceptors (Lipinski definition) is 3. The van der Waals surface area contributed by atoms with Crippen molar-refractivity contribution in [2.45, 2.75) is 13.0 Å². The molecule has 0 aliphatic rings. The van der Waals surface area contributed by atoms with Crippen molar-refractivity contribution in [3.05, 3.63) is 30.0 Å². The maximum Gasteiger partial charge on any atom is 0.134 e. The van der Waals surface area contributed by atoms with Gasteiger partial charge in [-0.15, -0.1) is 0 Å². The number of nitrogens with two attached hydrogens (primary N) is 1. The lowest BCUT2D eigenvalue weighted by molar-refractivity contribution is 0.415. The molecule has 1 heterocycles. The molecule has 0 bridgehead atoms. The minimum Gasteiger partial charge on any atom is -0.497 e. The van der Waals surface area contributed by atoms with Crippen molar-refractivity contribution in [3.63, 3.8) is 0 Å². The zero-order chi connectivity index (χ0) is 10.1. The molecule has 2 rings (SSSR count). The topological polar surface area (TPSA) is 48.4 Å². The van der Waals surface area contributed by atoms with Gasteiger partial charge in [-0.25, -0.2) is 0 Å². The van der Waals surface area contributed by atoms with E-state index in [0.29, 0.717) is 0 Å². The van der Waals surface area contributed by atoms with Gasteiger partial charge in [-0.05, 0) is 25.1 Å². The van der Waals surface area contributed by atoms with Crippen LogP contribution in [-0.2, 0) is 0 Å². The zero-order valence-corrected chi connectivity index (χ0v) is 8.28. The van der Waals surface area contributed by atoms with E-state index in [1.807, 2.05) is 25.1 Å². The van der Waals surface area contributed by atoms with Crippen molar-refractivity contribution >= 4 is 11.0 Å². The summed E-state index contributed by atoms with van der Waals surface area (Å²) in [5.74, 6) is 0.820. The van der Waals surface area contributed by atoms with Crippen molar-refractivity contribution < 1.29 is 9.15 Å². The Balaban J connectivity index is 2.63. The number of fused-ring (bicyclic) bond motifs is 1. The summed E-state index contributed by atoms with van der Waals surface area (Å²) >= 11 is 0. The van der Waals surface area contributed by atoms with E-state index >= 15 is 0 Å². The van der Waals surface area contributed by atoms with E-state index in [-0.39, 0.29) is 6.04 Å². The van der Waals surface area contributed by atoms with Crippen molar-refractivity contribution in [2.24, 2.45) is 5.73 Å². The molecule has 0 radical (unpaired) electrons. The van der Waals surface area contributed by atoms with Gasteiger partial charge in [0.15, 0.2) is 0 Å². The predicted octanol–water partition coefficient (Wildman–Crippen LogP) is 2.46. The van der Waals surface area contributed by atoms with Crippen LogP contribution in [0.3, 0.4) is 0 Å². The first-order valence-electron chi connectivity index (χ1n) is 4.53. The highest BCUT2D eigenvalue weighted by molar-refractivity contribution is 5.83. The maximum absolute atomic E-state index is 5.81. The first kappa shape index (κ1) is 9.09. The fourth-order valence-electron chi connectivity index (χ4n) is 1.51. The summed E-state index contributed by atoms with van der Waals surface area (Å²) in [4.78, 5) is 0. The van der Waals surface area contributed by atoms with Crippen LogP contribution in [0.4, 0.5) is 0 Å². The van der Waals surface area contributed by atoms with Gasteiger partial charge in [0.25, 0.3) is 0 Å². The third kappa shape index (κ3) is 1.36. The molecule has 1 aromatic heterocycles. The van der Waals surface area contributed by atoms with Crippen LogP contribution >= 0.6 is 0 Å². The molecule has 3 heteroatoms. The zero-order valence-electron chi connectivity index (χ0n) is 8.28.